The van der Waals surface area contributed by atoms with Crippen LogP contribution in [0, 0.1) is 11.6 Å². The number of halogens is 2. The Labute approximate surface area is 103 Å². The maximum Gasteiger partial charge on any atom is 0.200 e. The molecule has 0 aromatic heterocycles. The molecule has 0 unspecified atom stereocenters. The van der Waals surface area contributed by atoms with Crippen LogP contribution in [0.3, 0.4) is 0 Å². The van der Waals surface area contributed by atoms with E-state index in [1.54, 1.807) is 24.3 Å². The van der Waals surface area contributed by atoms with Crippen LogP contribution in [0.5, 0.6) is 5.75 Å². The fourth-order valence-electron chi connectivity index (χ4n) is 1.42. The maximum atomic E-state index is 12.9. The fourth-order valence-corrected chi connectivity index (χ4v) is 1.42. The highest BCUT2D eigenvalue weighted by Gasteiger charge is 2.10. The molecule has 0 radical (unpaired) electrons. The number of ether oxygens (including phenoxy) is 1. The Hall–Kier alpha value is -2.23. The highest BCUT2D eigenvalue weighted by molar-refractivity contribution is 5.97. The van der Waals surface area contributed by atoms with E-state index in [1.165, 1.54) is 6.07 Å². The van der Waals surface area contributed by atoms with Gasteiger partial charge in [-0.25, -0.2) is 8.78 Å². The van der Waals surface area contributed by atoms with Crippen molar-refractivity contribution in [3.05, 3.63) is 65.7 Å². The number of benzene rings is 2. The number of hydrogen-bond acceptors (Lipinski definition) is 2. The third-order valence-corrected chi connectivity index (χ3v) is 2.35. The highest BCUT2D eigenvalue weighted by atomic mass is 19.2. The van der Waals surface area contributed by atoms with Crippen molar-refractivity contribution in [2.24, 2.45) is 0 Å². The minimum absolute atomic E-state index is 0.0878. The van der Waals surface area contributed by atoms with E-state index in [0.717, 1.165) is 12.1 Å². The predicted octanol–water partition coefficient (Wildman–Crippen LogP) is 3.23. The second kappa shape index (κ2) is 5.40. The Morgan fingerprint density at radius 3 is 2.39 bits per heavy atom. The molecule has 0 aliphatic heterocycles. The van der Waals surface area contributed by atoms with Crippen molar-refractivity contribution in [1.82, 2.24) is 0 Å². The summed E-state index contributed by atoms with van der Waals surface area (Å²) in [6.45, 7) is -0.213. The number of ketones is 1. The summed E-state index contributed by atoms with van der Waals surface area (Å²) in [5, 5.41) is 0. The first-order valence-electron chi connectivity index (χ1n) is 5.33. The summed E-state index contributed by atoms with van der Waals surface area (Å²) >= 11 is 0. The van der Waals surface area contributed by atoms with Crippen LogP contribution in [-0.2, 0) is 0 Å². The smallest absolute Gasteiger partial charge is 0.200 e. The molecule has 0 saturated carbocycles. The number of carbonyl (C=O) groups excluding carboxylic acids is 1. The molecule has 0 N–H and O–H groups in total. The lowest BCUT2D eigenvalue weighted by molar-refractivity contribution is 0.0921. The van der Waals surface area contributed by atoms with E-state index in [-0.39, 0.29) is 12.2 Å². The molecule has 0 saturated heterocycles. The molecule has 0 bridgehead atoms. The Morgan fingerprint density at radius 1 is 1.00 bits per heavy atom. The standard InChI is InChI=1S/C14H10F2O2/c15-12-7-6-10(8-13(12)16)14(17)9-18-11-4-2-1-3-5-11/h1-8H,9H2. The number of hydrogen-bond donors (Lipinski definition) is 0. The van der Waals surface area contributed by atoms with Crippen molar-refractivity contribution in [3.63, 3.8) is 0 Å². The summed E-state index contributed by atoms with van der Waals surface area (Å²) in [4.78, 5) is 11.7. The van der Waals surface area contributed by atoms with Crippen LogP contribution in [0.15, 0.2) is 48.5 Å². The zero-order valence-electron chi connectivity index (χ0n) is 9.40. The molecule has 0 aliphatic rings. The van der Waals surface area contributed by atoms with Gasteiger partial charge in [0.05, 0.1) is 0 Å². The van der Waals surface area contributed by atoms with E-state index in [0.29, 0.717) is 5.75 Å². The van der Waals surface area contributed by atoms with Gasteiger partial charge >= 0.3 is 0 Å². The number of Topliss-reactive ketones (excluding diaryl/α,β-unsaturated/α-hetero) is 1. The fraction of sp³-hybridized carbons (Fsp3) is 0.0714. The van der Waals surface area contributed by atoms with E-state index in [4.69, 9.17) is 4.74 Å². The summed E-state index contributed by atoms with van der Waals surface area (Å²) in [6.07, 6.45) is 0. The van der Waals surface area contributed by atoms with Crippen molar-refractivity contribution >= 4 is 5.78 Å². The molecule has 0 aliphatic carbocycles. The van der Waals surface area contributed by atoms with E-state index in [9.17, 15) is 13.6 Å². The molecule has 0 spiro atoms. The quantitative estimate of drug-likeness (QED) is 0.776. The van der Waals surface area contributed by atoms with Crippen molar-refractivity contribution in [2.45, 2.75) is 0 Å². The van der Waals surface area contributed by atoms with Gasteiger partial charge in [-0.1, -0.05) is 18.2 Å². The van der Waals surface area contributed by atoms with Gasteiger partial charge in [0.2, 0.25) is 0 Å². The minimum atomic E-state index is -1.04. The lowest BCUT2D eigenvalue weighted by Gasteiger charge is -2.05. The largest absolute Gasteiger partial charge is 0.485 e. The van der Waals surface area contributed by atoms with E-state index in [1.807, 2.05) is 6.07 Å². The third kappa shape index (κ3) is 2.91. The van der Waals surface area contributed by atoms with Gasteiger partial charge < -0.3 is 4.74 Å². The zero-order chi connectivity index (χ0) is 13.0. The van der Waals surface area contributed by atoms with E-state index >= 15 is 0 Å². The molecule has 4 heteroatoms. The maximum absolute atomic E-state index is 12.9. The van der Waals surface area contributed by atoms with Gasteiger partial charge in [-0.2, -0.15) is 0 Å². The summed E-state index contributed by atoms with van der Waals surface area (Å²) in [5.41, 5.74) is 0.0878. The molecule has 0 heterocycles. The molecule has 2 rings (SSSR count). The first kappa shape index (κ1) is 12.2. The second-order valence-corrected chi connectivity index (χ2v) is 3.65. The van der Waals surface area contributed by atoms with Crippen LogP contribution in [0.4, 0.5) is 8.78 Å². The van der Waals surface area contributed by atoms with Gasteiger partial charge in [0.15, 0.2) is 24.0 Å². The van der Waals surface area contributed by atoms with Crippen molar-refractivity contribution in [3.8, 4) is 5.75 Å². The molecule has 2 aromatic rings. The predicted molar refractivity (Wildman–Crippen MR) is 62.6 cm³/mol. The highest BCUT2D eigenvalue weighted by Crippen LogP contribution is 2.12. The van der Waals surface area contributed by atoms with Crippen molar-refractivity contribution in [1.29, 1.82) is 0 Å². The van der Waals surface area contributed by atoms with Gasteiger partial charge in [-0.05, 0) is 30.3 Å². The molecular formula is C14H10F2O2. The van der Waals surface area contributed by atoms with E-state index in [2.05, 4.69) is 0 Å². The topological polar surface area (TPSA) is 26.3 Å². The van der Waals surface area contributed by atoms with Gasteiger partial charge in [0, 0.05) is 5.56 Å². The average Bonchev–Trinajstić information content (AvgIpc) is 2.40. The molecule has 92 valence electrons. The molecule has 2 aromatic carbocycles. The zero-order valence-corrected chi connectivity index (χ0v) is 9.40. The normalized spacial score (nSPS) is 10.1. The molecule has 18 heavy (non-hydrogen) atoms. The van der Waals surface area contributed by atoms with E-state index < -0.39 is 17.4 Å². The third-order valence-electron chi connectivity index (χ3n) is 2.35. The number of para-hydroxylation sites is 1. The summed E-state index contributed by atoms with van der Waals surface area (Å²) in [5.74, 6) is -1.87. The number of carbonyl (C=O) groups is 1. The van der Waals surface area contributed by atoms with Gasteiger partial charge in [-0.3, -0.25) is 4.79 Å². The number of rotatable bonds is 4. The average molecular weight is 248 g/mol. The summed E-state index contributed by atoms with van der Waals surface area (Å²) in [7, 11) is 0. The van der Waals surface area contributed by atoms with Crippen LogP contribution in [-0.4, -0.2) is 12.4 Å². The summed E-state index contributed by atoms with van der Waals surface area (Å²) in [6, 6.07) is 11.8. The molecule has 0 atom stereocenters. The van der Waals surface area contributed by atoms with Gasteiger partial charge in [0.1, 0.15) is 5.75 Å². The van der Waals surface area contributed by atoms with Crippen molar-refractivity contribution < 1.29 is 18.3 Å². The Morgan fingerprint density at radius 2 is 1.72 bits per heavy atom. The molecule has 0 fully saturated rings. The van der Waals surface area contributed by atoms with Crippen LogP contribution in [0.25, 0.3) is 0 Å². The first-order valence-corrected chi connectivity index (χ1v) is 5.33. The lowest BCUT2D eigenvalue weighted by Crippen LogP contribution is -2.12. The van der Waals surface area contributed by atoms with Crippen LogP contribution < -0.4 is 4.74 Å². The lowest BCUT2D eigenvalue weighted by atomic mass is 10.1. The Balaban J connectivity index is 2.02. The summed E-state index contributed by atoms with van der Waals surface area (Å²) < 4.78 is 30.9. The Kier molecular flexibility index (Phi) is 3.67. The molecular weight excluding hydrogens is 238 g/mol. The van der Waals surface area contributed by atoms with Gasteiger partial charge in [0.25, 0.3) is 0 Å². The van der Waals surface area contributed by atoms with Crippen molar-refractivity contribution in [2.75, 3.05) is 6.61 Å². The Bertz CT molecular complexity index is 553. The van der Waals surface area contributed by atoms with Crippen LogP contribution >= 0.6 is 0 Å². The monoisotopic (exact) mass is 248 g/mol. The first-order chi connectivity index (χ1) is 8.66. The SMILES string of the molecule is O=C(COc1ccccc1)c1ccc(F)c(F)c1. The second-order valence-electron chi connectivity index (χ2n) is 3.65. The molecule has 2 nitrogen and oxygen atoms in total. The van der Waals surface area contributed by atoms with Crippen LogP contribution in [0.2, 0.25) is 0 Å². The van der Waals surface area contributed by atoms with Gasteiger partial charge in [-0.15, -0.1) is 0 Å². The molecule has 0 amide bonds. The minimum Gasteiger partial charge on any atom is -0.485 e. The van der Waals surface area contributed by atoms with Crippen LogP contribution in [0.1, 0.15) is 10.4 Å².